The Labute approximate surface area is 140 Å². The quantitative estimate of drug-likeness (QED) is 0.893. The van der Waals surface area contributed by atoms with Gasteiger partial charge in [-0.2, -0.15) is 10.1 Å². The normalized spacial score (nSPS) is 21.6. The first-order valence-corrected chi connectivity index (χ1v) is 8.50. The van der Waals surface area contributed by atoms with Gasteiger partial charge in [-0.05, 0) is 18.8 Å². The van der Waals surface area contributed by atoms with Crippen LogP contribution in [0.3, 0.4) is 0 Å². The number of hydrogen-bond acceptors (Lipinski definition) is 6. The number of piperidine rings is 1. The molecular weight excluding hydrogens is 310 g/mol. The third-order valence-electron chi connectivity index (χ3n) is 4.28. The molecule has 2 amide bonds. The van der Waals surface area contributed by atoms with E-state index in [0.29, 0.717) is 43.5 Å². The topological polar surface area (TPSA) is 101 Å². The molecule has 130 valence electrons. The summed E-state index contributed by atoms with van der Waals surface area (Å²) in [7, 11) is 0. The average Bonchev–Trinajstić information content (AvgIpc) is 3.03. The Kier molecular flexibility index (Phi) is 4.92. The molecule has 1 aromatic rings. The van der Waals surface area contributed by atoms with Crippen LogP contribution in [0.15, 0.2) is 9.62 Å². The van der Waals surface area contributed by atoms with E-state index in [2.05, 4.69) is 34.5 Å². The van der Waals surface area contributed by atoms with Crippen molar-refractivity contribution in [2.75, 3.05) is 13.1 Å². The summed E-state index contributed by atoms with van der Waals surface area (Å²) in [6.07, 6.45) is 3.30. The molecule has 0 bridgehead atoms. The summed E-state index contributed by atoms with van der Waals surface area (Å²) in [5.41, 5.74) is 2.79. The van der Waals surface area contributed by atoms with E-state index in [-0.39, 0.29) is 17.7 Å². The summed E-state index contributed by atoms with van der Waals surface area (Å²) in [6.45, 7) is 5.46. The smallest absolute Gasteiger partial charge is 0.270 e. The minimum Gasteiger partial charge on any atom is -0.339 e. The lowest BCUT2D eigenvalue weighted by molar-refractivity contribution is -0.125. The summed E-state index contributed by atoms with van der Waals surface area (Å²) >= 11 is 0. The predicted molar refractivity (Wildman–Crippen MR) is 86.2 cm³/mol. The fourth-order valence-electron chi connectivity index (χ4n) is 3.06. The first-order chi connectivity index (χ1) is 11.5. The fraction of sp³-hybridized carbons (Fsp3) is 0.688. The first-order valence-electron chi connectivity index (χ1n) is 8.50. The lowest BCUT2D eigenvalue weighted by Crippen LogP contribution is -2.44. The lowest BCUT2D eigenvalue weighted by Gasteiger charge is -2.31. The zero-order valence-corrected chi connectivity index (χ0v) is 14.1. The Balaban J connectivity index is 1.64. The molecule has 0 unspecified atom stereocenters. The molecule has 1 saturated heterocycles. The molecule has 8 heteroatoms. The first kappa shape index (κ1) is 16.6. The van der Waals surface area contributed by atoms with E-state index >= 15 is 0 Å². The zero-order chi connectivity index (χ0) is 17.1. The number of likely N-dealkylation sites (tertiary alicyclic amines) is 1. The van der Waals surface area contributed by atoms with Crippen molar-refractivity contribution in [3.05, 3.63) is 11.7 Å². The highest BCUT2D eigenvalue weighted by atomic mass is 16.5. The molecule has 2 aliphatic rings. The maximum atomic E-state index is 12.6. The second-order valence-electron chi connectivity index (χ2n) is 6.83. The second-order valence-corrected chi connectivity index (χ2v) is 6.83. The van der Waals surface area contributed by atoms with Crippen LogP contribution in [0, 0.1) is 5.92 Å². The second kappa shape index (κ2) is 7.11. The minimum atomic E-state index is -0.147. The maximum absolute atomic E-state index is 12.6. The molecule has 1 N–H and O–H groups in total. The number of hydrogen-bond donors (Lipinski definition) is 1. The Morgan fingerprint density at radius 2 is 2.25 bits per heavy atom. The van der Waals surface area contributed by atoms with Crippen molar-refractivity contribution in [3.8, 4) is 0 Å². The molecule has 1 aromatic heterocycles. The molecule has 24 heavy (non-hydrogen) atoms. The van der Waals surface area contributed by atoms with E-state index in [1.165, 1.54) is 0 Å². The van der Waals surface area contributed by atoms with Gasteiger partial charge in [0, 0.05) is 32.4 Å². The molecule has 8 nitrogen and oxygen atoms in total. The van der Waals surface area contributed by atoms with E-state index in [1.54, 1.807) is 4.90 Å². The van der Waals surface area contributed by atoms with Crippen molar-refractivity contribution in [2.45, 2.75) is 51.9 Å². The summed E-state index contributed by atoms with van der Waals surface area (Å²) in [5.74, 6) is 1.62. The molecule has 3 rings (SSSR count). The molecule has 0 aliphatic carbocycles. The Hall–Kier alpha value is -2.25. The van der Waals surface area contributed by atoms with Crippen LogP contribution in [0.5, 0.6) is 0 Å². The molecule has 0 radical (unpaired) electrons. The lowest BCUT2D eigenvalue weighted by atomic mass is 9.97. The Morgan fingerprint density at radius 1 is 1.42 bits per heavy atom. The number of hydrazone groups is 1. The number of rotatable bonds is 4. The van der Waals surface area contributed by atoms with Crippen molar-refractivity contribution in [2.24, 2.45) is 11.0 Å². The van der Waals surface area contributed by atoms with Crippen molar-refractivity contribution in [3.63, 3.8) is 0 Å². The minimum absolute atomic E-state index is 0.0647. The van der Waals surface area contributed by atoms with Crippen LogP contribution in [0.4, 0.5) is 0 Å². The summed E-state index contributed by atoms with van der Waals surface area (Å²) in [4.78, 5) is 30.0. The highest BCUT2D eigenvalue weighted by molar-refractivity contribution is 6.39. The highest BCUT2D eigenvalue weighted by Crippen LogP contribution is 2.26. The maximum Gasteiger partial charge on any atom is 0.270 e. The summed E-state index contributed by atoms with van der Waals surface area (Å²) < 4.78 is 5.41. The zero-order valence-electron chi connectivity index (χ0n) is 14.1. The van der Waals surface area contributed by atoms with E-state index in [4.69, 9.17) is 4.52 Å². The van der Waals surface area contributed by atoms with Crippen LogP contribution in [-0.2, 0) is 16.0 Å². The summed E-state index contributed by atoms with van der Waals surface area (Å²) in [6, 6.07) is 0. The average molecular weight is 333 g/mol. The van der Waals surface area contributed by atoms with Gasteiger partial charge < -0.3 is 9.42 Å². The number of carbonyl (C=O) groups is 2. The fourth-order valence-corrected chi connectivity index (χ4v) is 3.06. The predicted octanol–water partition coefficient (Wildman–Crippen LogP) is 1.24. The number of amides is 2. The molecule has 2 aliphatic heterocycles. The monoisotopic (exact) mass is 333 g/mol. The summed E-state index contributed by atoms with van der Waals surface area (Å²) in [5, 5.41) is 7.93. The van der Waals surface area contributed by atoms with Crippen molar-refractivity contribution in [1.29, 1.82) is 0 Å². The third-order valence-corrected chi connectivity index (χ3v) is 4.28. The molecule has 3 heterocycles. The van der Waals surface area contributed by atoms with E-state index < -0.39 is 0 Å². The molecule has 0 saturated carbocycles. The van der Waals surface area contributed by atoms with Crippen molar-refractivity contribution in [1.82, 2.24) is 20.5 Å². The van der Waals surface area contributed by atoms with Crippen LogP contribution in [-0.4, -0.2) is 45.7 Å². The van der Waals surface area contributed by atoms with Crippen molar-refractivity contribution >= 4 is 17.5 Å². The van der Waals surface area contributed by atoms with Crippen LogP contribution < -0.4 is 5.43 Å². The van der Waals surface area contributed by atoms with Gasteiger partial charge in [-0.25, -0.2) is 5.43 Å². The van der Waals surface area contributed by atoms with Crippen LogP contribution in [0.1, 0.15) is 57.2 Å². The van der Waals surface area contributed by atoms with Crippen LogP contribution in [0.2, 0.25) is 0 Å². The van der Waals surface area contributed by atoms with Crippen LogP contribution >= 0.6 is 0 Å². The molecule has 1 atom stereocenters. The van der Waals surface area contributed by atoms with Crippen LogP contribution in [0.25, 0.3) is 0 Å². The van der Waals surface area contributed by atoms with Gasteiger partial charge in [0.2, 0.25) is 11.8 Å². The number of aromatic nitrogens is 2. The number of nitrogens with zero attached hydrogens (tertiary/aromatic N) is 4. The standard InChI is InChI=1S/C16H23N5O3/c1-10(2)8-13-17-15(24-20-13)11-4-3-7-21(9-11)16(23)12-5-6-14(22)19-18-12/h10-11H,3-9H2,1-2H3,(H,19,22)/t11-/m1/s1. The molecule has 0 spiro atoms. The van der Waals surface area contributed by atoms with Gasteiger partial charge in [0.1, 0.15) is 5.71 Å². The number of carbonyl (C=O) groups excluding carboxylic acids is 2. The SMILES string of the molecule is CC(C)Cc1noc([C@@H]2CCCN(C(=O)C3=NNC(=O)CC3)C2)n1. The van der Waals surface area contributed by atoms with Gasteiger partial charge in [0.25, 0.3) is 5.91 Å². The molecule has 1 fully saturated rings. The van der Waals surface area contributed by atoms with Gasteiger partial charge in [-0.15, -0.1) is 0 Å². The van der Waals surface area contributed by atoms with Gasteiger partial charge in [0.15, 0.2) is 5.82 Å². The Morgan fingerprint density at radius 3 is 2.96 bits per heavy atom. The van der Waals surface area contributed by atoms with Gasteiger partial charge in [-0.3, -0.25) is 9.59 Å². The van der Waals surface area contributed by atoms with Gasteiger partial charge in [0.05, 0.1) is 5.92 Å². The third kappa shape index (κ3) is 3.80. The molecule has 0 aromatic carbocycles. The Bertz CT molecular complexity index is 652. The largest absolute Gasteiger partial charge is 0.339 e. The molecular formula is C16H23N5O3. The van der Waals surface area contributed by atoms with E-state index in [1.807, 2.05) is 0 Å². The van der Waals surface area contributed by atoms with Gasteiger partial charge >= 0.3 is 0 Å². The number of nitrogens with one attached hydrogen (secondary N) is 1. The highest BCUT2D eigenvalue weighted by Gasteiger charge is 2.31. The van der Waals surface area contributed by atoms with Gasteiger partial charge in [-0.1, -0.05) is 19.0 Å². The van der Waals surface area contributed by atoms with E-state index in [0.717, 1.165) is 25.1 Å². The van der Waals surface area contributed by atoms with Crippen molar-refractivity contribution < 1.29 is 14.1 Å². The van der Waals surface area contributed by atoms with E-state index in [9.17, 15) is 9.59 Å².